The minimum Gasteiger partial charge on any atom is -0.342 e. The Morgan fingerprint density at radius 3 is 2.61 bits per heavy atom. The smallest absolute Gasteiger partial charge is 0.246 e. The Balaban J connectivity index is 2.94. The van der Waals surface area contributed by atoms with Crippen LogP contribution in [0.2, 0.25) is 0 Å². The summed E-state index contributed by atoms with van der Waals surface area (Å²) in [6.45, 7) is 10.2. The molecule has 1 N–H and O–H groups in total. The van der Waals surface area contributed by atoms with Gasteiger partial charge in [0.2, 0.25) is 11.8 Å². The Kier molecular flexibility index (Phi) is 5.38. The second-order valence-corrected chi connectivity index (χ2v) is 4.96. The first kappa shape index (κ1) is 14.7. The summed E-state index contributed by atoms with van der Waals surface area (Å²) in [7, 11) is 0. The number of amides is 2. The number of rotatable bonds is 6. The van der Waals surface area contributed by atoms with Gasteiger partial charge in [0.15, 0.2) is 0 Å². The topological polar surface area (TPSA) is 49.4 Å². The average Bonchev–Trinajstić information content (AvgIpc) is 2.35. The Hall–Kier alpha value is -1.32. The van der Waals surface area contributed by atoms with E-state index in [0.717, 1.165) is 12.8 Å². The van der Waals surface area contributed by atoms with Gasteiger partial charge in [0.05, 0.1) is 0 Å². The maximum atomic E-state index is 12.3. The van der Waals surface area contributed by atoms with Gasteiger partial charge in [0.25, 0.3) is 0 Å². The molecular weight excluding hydrogens is 228 g/mol. The van der Waals surface area contributed by atoms with Crippen molar-refractivity contribution >= 4 is 11.8 Å². The largest absolute Gasteiger partial charge is 0.342 e. The number of nitrogens with zero attached hydrogens (tertiary/aromatic N) is 1. The maximum Gasteiger partial charge on any atom is 0.246 e. The third-order valence-corrected chi connectivity index (χ3v) is 3.59. The molecule has 18 heavy (non-hydrogen) atoms. The highest BCUT2D eigenvalue weighted by molar-refractivity contribution is 5.97. The van der Waals surface area contributed by atoms with Gasteiger partial charge in [-0.2, -0.15) is 0 Å². The number of hydrogen-bond acceptors (Lipinski definition) is 2. The molecule has 2 amide bonds. The summed E-state index contributed by atoms with van der Waals surface area (Å²) in [6.07, 6.45) is 4.14. The lowest BCUT2D eigenvalue weighted by atomic mass is 9.92. The minimum atomic E-state index is -0.359. The van der Waals surface area contributed by atoms with Crippen molar-refractivity contribution in [1.29, 1.82) is 0 Å². The van der Waals surface area contributed by atoms with E-state index in [2.05, 4.69) is 11.9 Å². The van der Waals surface area contributed by atoms with E-state index in [4.69, 9.17) is 0 Å². The molecule has 1 heterocycles. The fourth-order valence-corrected chi connectivity index (χ4v) is 2.41. The molecule has 0 spiro atoms. The molecule has 0 bridgehead atoms. The van der Waals surface area contributed by atoms with Crippen LogP contribution in [-0.2, 0) is 9.59 Å². The van der Waals surface area contributed by atoms with Gasteiger partial charge in [-0.05, 0) is 12.3 Å². The van der Waals surface area contributed by atoms with Gasteiger partial charge in [0, 0.05) is 6.54 Å². The van der Waals surface area contributed by atoms with Gasteiger partial charge in [-0.3, -0.25) is 9.59 Å². The molecule has 102 valence electrons. The third kappa shape index (κ3) is 2.92. The lowest BCUT2D eigenvalue weighted by Gasteiger charge is -2.41. The van der Waals surface area contributed by atoms with Gasteiger partial charge in [-0.25, -0.2) is 0 Å². The molecule has 1 aliphatic rings. The van der Waals surface area contributed by atoms with Crippen LogP contribution in [0.3, 0.4) is 0 Å². The van der Waals surface area contributed by atoms with E-state index in [-0.39, 0.29) is 29.8 Å². The van der Waals surface area contributed by atoms with Gasteiger partial charge in [-0.1, -0.05) is 39.7 Å². The highest BCUT2D eigenvalue weighted by Gasteiger charge is 2.41. The Morgan fingerprint density at radius 1 is 1.44 bits per heavy atom. The summed E-state index contributed by atoms with van der Waals surface area (Å²) < 4.78 is 0. The number of carbonyl (C=O) groups excluding carboxylic acids is 2. The van der Waals surface area contributed by atoms with Crippen LogP contribution in [0.15, 0.2) is 12.7 Å². The lowest BCUT2D eigenvalue weighted by Crippen LogP contribution is -2.64. The molecule has 1 rings (SSSR count). The van der Waals surface area contributed by atoms with Gasteiger partial charge < -0.3 is 10.2 Å². The second kappa shape index (κ2) is 6.57. The number of carbonyl (C=O) groups is 2. The van der Waals surface area contributed by atoms with E-state index in [1.807, 2.05) is 20.8 Å². The predicted octanol–water partition coefficient (Wildman–Crippen LogP) is 1.71. The molecule has 4 heteroatoms. The van der Waals surface area contributed by atoms with Crippen molar-refractivity contribution in [3.8, 4) is 0 Å². The van der Waals surface area contributed by atoms with Crippen LogP contribution in [0, 0.1) is 5.92 Å². The van der Waals surface area contributed by atoms with Crippen LogP contribution >= 0.6 is 0 Å². The molecule has 0 aromatic rings. The van der Waals surface area contributed by atoms with Crippen molar-refractivity contribution in [2.75, 3.05) is 6.54 Å². The molecule has 0 radical (unpaired) electrons. The molecule has 0 aliphatic carbocycles. The number of nitrogens with one attached hydrogen (secondary N) is 1. The van der Waals surface area contributed by atoms with Crippen molar-refractivity contribution in [2.24, 2.45) is 5.92 Å². The first-order chi connectivity index (χ1) is 8.56. The highest BCUT2D eigenvalue weighted by atomic mass is 16.2. The highest BCUT2D eigenvalue weighted by Crippen LogP contribution is 2.21. The molecule has 1 fully saturated rings. The first-order valence-electron chi connectivity index (χ1n) is 6.78. The van der Waals surface area contributed by atoms with E-state index in [1.165, 1.54) is 0 Å². The maximum absolute atomic E-state index is 12.3. The molecule has 1 aliphatic heterocycles. The van der Waals surface area contributed by atoms with Crippen molar-refractivity contribution in [3.05, 3.63) is 12.7 Å². The zero-order valence-corrected chi connectivity index (χ0v) is 11.6. The molecule has 0 aromatic heterocycles. The SMILES string of the molecule is C=CCN1C(=O)C(CCC)NC(=O)C1C(C)CC. The number of piperazine rings is 1. The molecule has 1 saturated heterocycles. The summed E-state index contributed by atoms with van der Waals surface area (Å²) in [5.74, 6) is 0.169. The molecule has 0 saturated carbocycles. The molecule has 3 unspecified atom stereocenters. The zero-order chi connectivity index (χ0) is 13.7. The molecule has 4 nitrogen and oxygen atoms in total. The second-order valence-electron chi connectivity index (χ2n) is 4.96. The lowest BCUT2D eigenvalue weighted by molar-refractivity contribution is -0.150. The van der Waals surface area contributed by atoms with E-state index in [9.17, 15) is 9.59 Å². The van der Waals surface area contributed by atoms with Crippen LogP contribution in [-0.4, -0.2) is 35.3 Å². The Labute approximate surface area is 109 Å². The normalized spacial score (nSPS) is 25.8. The van der Waals surface area contributed by atoms with E-state index in [1.54, 1.807) is 11.0 Å². The predicted molar refractivity (Wildman–Crippen MR) is 72.0 cm³/mol. The van der Waals surface area contributed by atoms with Crippen molar-refractivity contribution < 1.29 is 9.59 Å². The van der Waals surface area contributed by atoms with E-state index < -0.39 is 0 Å². The molecule has 0 aromatic carbocycles. The zero-order valence-electron chi connectivity index (χ0n) is 11.6. The quantitative estimate of drug-likeness (QED) is 0.732. The first-order valence-corrected chi connectivity index (χ1v) is 6.78. The van der Waals surface area contributed by atoms with Crippen LogP contribution in [0.5, 0.6) is 0 Å². The monoisotopic (exact) mass is 252 g/mol. The minimum absolute atomic E-state index is 0.0238. The fraction of sp³-hybridized carbons (Fsp3) is 0.714. The summed E-state index contributed by atoms with van der Waals surface area (Å²) in [4.78, 5) is 26.2. The fourth-order valence-electron chi connectivity index (χ4n) is 2.41. The van der Waals surface area contributed by atoms with Crippen LogP contribution < -0.4 is 5.32 Å². The van der Waals surface area contributed by atoms with Crippen molar-refractivity contribution in [3.63, 3.8) is 0 Å². The molecular formula is C14H24N2O2. The van der Waals surface area contributed by atoms with Crippen LogP contribution in [0.4, 0.5) is 0 Å². The van der Waals surface area contributed by atoms with Crippen molar-refractivity contribution in [1.82, 2.24) is 10.2 Å². The van der Waals surface area contributed by atoms with Crippen molar-refractivity contribution in [2.45, 2.75) is 52.1 Å². The van der Waals surface area contributed by atoms with Gasteiger partial charge in [-0.15, -0.1) is 6.58 Å². The standard InChI is InChI=1S/C14H24N2O2/c1-5-8-11-14(18)16(9-6-2)12(10(4)7-3)13(17)15-11/h6,10-12H,2,5,7-9H2,1,3-4H3,(H,15,17). The summed E-state index contributed by atoms with van der Waals surface area (Å²) in [5, 5.41) is 2.86. The third-order valence-electron chi connectivity index (χ3n) is 3.59. The van der Waals surface area contributed by atoms with Crippen LogP contribution in [0.1, 0.15) is 40.0 Å². The summed E-state index contributed by atoms with van der Waals surface area (Å²) in [5.41, 5.74) is 0. The molecule has 3 atom stereocenters. The van der Waals surface area contributed by atoms with Gasteiger partial charge in [0.1, 0.15) is 12.1 Å². The van der Waals surface area contributed by atoms with E-state index in [0.29, 0.717) is 13.0 Å². The Morgan fingerprint density at radius 2 is 2.11 bits per heavy atom. The summed E-state index contributed by atoms with van der Waals surface area (Å²) >= 11 is 0. The Bertz CT molecular complexity index is 328. The van der Waals surface area contributed by atoms with Crippen LogP contribution in [0.25, 0.3) is 0 Å². The van der Waals surface area contributed by atoms with E-state index >= 15 is 0 Å². The number of hydrogen-bond donors (Lipinski definition) is 1. The van der Waals surface area contributed by atoms with Gasteiger partial charge >= 0.3 is 0 Å². The summed E-state index contributed by atoms with van der Waals surface area (Å²) in [6, 6.07) is -0.712. The average molecular weight is 252 g/mol.